The molecule has 8 rings (SSSR count). The number of amides is 3. The molecule has 2 aliphatic carbocycles. The van der Waals surface area contributed by atoms with Crippen molar-refractivity contribution in [3.05, 3.63) is 125 Å². The number of ether oxygens (including phenoxy) is 15. The van der Waals surface area contributed by atoms with Crippen LogP contribution in [0.5, 0.6) is 5.75 Å². The highest BCUT2D eigenvalue weighted by Gasteiger charge is 2.43. The van der Waals surface area contributed by atoms with Gasteiger partial charge in [-0.3, -0.25) is 14.4 Å². The maximum atomic E-state index is 12.4. The van der Waals surface area contributed by atoms with Gasteiger partial charge in [0.1, 0.15) is 5.75 Å². The molecule has 1 aliphatic heterocycles. The fraction of sp³-hybridized carbons (Fsp3) is 0.553. The first kappa shape index (κ1) is 77.2. The quantitative estimate of drug-likeness (QED) is 0.0277. The van der Waals surface area contributed by atoms with Crippen molar-refractivity contribution in [1.82, 2.24) is 10.4 Å². The van der Waals surface area contributed by atoms with E-state index >= 15 is 0 Å². The van der Waals surface area contributed by atoms with Crippen LogP contribution in [0.25, 0.3) is 44.5 Å². The van der Waals surface area contributed by atoms with E-state index in [0.717, 1.165) is 49.0 Å². The number of imide groups is 1. The zero-order chi connectivity index (χ0) is 68.5. The molecule has 1 N–H and O–H groups in total. The SMILES string of the molecule is COCCOCCCC1(CCCOCCOCCOCCOCCOCCOCCOCCOCCOCCOCCOCCOC)c2cc(-c3ccc(OCCCCNC(=O)CCC(=O)ON4C(=O)CCC4=O)cc3)ccc2-c2ccc(-c3ccc4c(c3)Cc3ccccc3-4)cc21. The molecule has 98 heavy (non-hydrogen) atoms. The summed E-state index contributed by atoms with van der Waals surface area (Å²) < 4.78 is 84.7. The van der Waals surface area contributed by atoms with Crippen LogP contribution >= 0.6 is 0 Å². The molecule has 1 unspecified atom stereocenters. The smallest absolute Gasteiger partial charge is 0.333 e. The minimum Gasteiger partial charge on any atom is -0.494 e. The predicted molar refractivity (Wildman–Crippen MR) is 368 cm³/mol. The van der Waals surface area contributed by atoms with Crippen molar-refractivity contribution >= 4 is 23.7 Å². The van der Waals surface area contributed by atoms with Gasteiger partial charge in [0.2, 0.25) is 5.91 Å². The summed E-state index contributed by atoms with van der Waals surface area (Å²) in [5.41, 5.74) is 14.7. The number of carbonyl (C=O) groups is 4. The normalized spacial score (nSPS) is 14.4. The summed E-state index contributed by atoms with van der Waals surface area (Å²) in [6.07, 6.45) is 5.37. The molecule has 22 nitrogen and oxygen atoms in total. The molecule has 536 valence electrons. The van der Waals surface area contributed by atoms with Gasteiger partial charge >= 0.3 is 5.97 Å². The lowest BCUT2D eigenvalue weighted by molar-refractivity contribution is -0.197. The fourth-order valence-corrected chi connectivity index (χ4v) is 12.0. The molecule has 5 aromatic carbocycles. The van der Waals surface area contributed by atoms with E-state index in [1.807, 2.05) is 12.1 Å². The maximum Gasteiger partial charge on any atom is 0.333 e. The van der Waals surface area contributed by atoms with Gasteiger partial charge in [-0.25, -0.2) is 4.79 Å². The van der Waals surface area contributed by atoms with Gasteiger partial charge in [-0.1, -0.05) is 78.9 Å². The van der Waals surface area contributed by atoms with E-state index in [1.54, 1.807) is 14.2 Å². The van der Waals surface area contributed by atoms with Gasteiger partial charge in [0.15, 0.2) is 0 Å². The van der Waals surface area contributed by atoms with E-state index < -0.39 is 17.8 Å². The van der Waals surface area contributed by atoms with Gasteiger partial charge in [0, 0.05) is 58.7 Å². The zero-order valence-corrected chi connectivity index (χ0v) is 57.5. The number of hydrogen-bond acceptors (Lipinski definition) is 20. The number of unbranched alkanes of at least 4 members (excludes halogenated alkanes) is 1. The van der Waals surface area contributed by atoms with Gasteiger partial charge in [-0.15, -0.1) is 5.06 Å². The highest BCUT2D eigenvalue weighted by molar-refractivity contribution is 6.01. The Morgan fingerprint density at radius 1 is 0.398 bits per heavy atom. The number of hydrogen-bond donors (Lipinski definition) is 1. The molecule has 5 aromatic rings. The van der Waals surface area contributed by atoms with E-state index in [0.29, 0.717) is 203 Å². The Morgan fingerprint density at radius 2 is 0.796 bits per heavy atom. The molecular weight excluding hydrogens is 1260 g/mol. The van der Waals surface area contributed by atoms with Gasteiger partial charge < -0.3 is 81.2 Å². The lowest BCUT2D eigenvalue weighted by Gasteiger charge is -2.33. The zero-order valence-electron chi connectivity index (χ0n) is 57.5. The number of methoxy groups -OCH3 is 2. The molecule has 1 fully saturated rings. The van der Waals surface area contributed by atoms with E-state index in [2.05, 4.69) is 96.3 Å². The fourth-order valence-electron chi connectivity index (χ4n) is 12.0. The third-order valence-corrected chi connectivity index (χ3v) is 17.0. The van der Waals surface area contributed by atoms with Crippen molar-refractivity contribution < 1.29 is 95.1 Å². The minimum atomic E-state index is -0.804. The maximum absolute atomic E-state index is 12.4. The Bertz CT molecular complexity index is 3130. The van der Waals surface area contributed by atoms with Crippen molar-refractivity contribution in [3.63, 3.8) is 0 Å². The van der Waals surface area contributed by atoms with E-state index in [4.69, 9.17) is 75.9 Å². The van der Waals surface area contributed by atoms with Crippen molar-refractivity contribution in [2.75, 3.05) is 199 Å². The summed E-state index contributed by atoms with van der Waals surface area (Å²) in [5, 5.41) is 3.29. The Labute approximate surface area is 577 Å². The van der Waals surface area contributed by atoms with Gasteiger partial charge in [0.25, 0.3) is 11.8 Å². The molecule has 1 atom stereocenters. The summed E-state index contributed by atoms with van der Waals surface area (Å²) >= 11 is 0. The summed E-state index contributed by atoms with van der Waals surface area (Å²) in [5.74, 6) is -1.50. The largest absolute Gasteiger partial charge is 0.494 e. The Hall–Kier alpha value is -6.58. The number of carbonyl (C=O) groups excluding carboxylic acids is 4. The molecule has 3 amide bonds. The molecule has 0 radical (unpaired) electrons. The molecule has 0 saturated carbocycles. The Balaban J connectivity index is 0.741. The second kappa shape index (κ2) is 45.2. The van der Waals surface area contributed by atoms with Crippen LogP contribution < -0.4 is 10.1 Å². The molecular formula is C76H102N2O20. The summed E-state index contributed by atoms with van der Waals surface area (Å²) in [4.78, 5) is 52.8. The standard InChI is InChI=1S/C76H102N2O20/c1-83-31-33-85-28-7-25-76(26-8-29-86-35-36-88-39-40-90-43-44-92-47-48-94-51-52-96-54-53-95-50-49-93-46-45-91-42-41-89-38-37-87-34-32-84-2)70-57-61(14-19-68(70)69-20-15-62(58-71(69)76)60-13-18-67-64(55-60)56-63-9-3-4-10-66(63)67)59-11-16-65(17-12-59)97-30-6-5-27-77-72(79)21-24-75(82)98-78-73(80)22-23-74(78)81/h3-4,9-20,55,57-58H,5-8,21-54,56H2,1-2H3,(H,77,79). The first-order valence-electron chi connectivity index (χ1n) is 34.8. The molecule has 0 bridgehead atoms. The van der Waals surface area contributed by atoms with Crippen LogP contribution in [0.4, 0.5) is 0 Å². The molecule has 22 heteroatoms. The van der Waals surface area contributed by atoms with Crippen LogP contribution in [-0.4, -0.2) is 228 Å². The highest BCUT2D eigenvalue weighted by atomic mass is 16.7. The topological polar surface area (TPSA) is 231 Å². The van der Waals surface area contributed by atoms with Crippen molar-refractivity contribution in [3.8, 4) is 50.3 Å². The minimum absolute atomic E-state index is 0.00830. The van der Waals surface area contributed by atoms with Gasteiger partial charge in [0.05, 0.1) is 172 Å². The summed E-state index contributed by atoms with van der Waals surface area (Å²) in [6, 6.07) is 37.9. The van der Waals surface area contributed by atoms with Gasteiger partial charge in [-0.05, 0) is 136 Å². The van der Waals surface area contributed by atoms with Crippen LogP contribution in [0.1, 0.15) is 86.5 Å². The number of nitrogens with one attached hydrogen (secondary N) is 1. The number of benzene rings is 5. The van der Waals surface area contributed by atoms with Crippen LogP contribution in [0.3, 0.4) is 0 Å². The second-order valence-electron chi connectivity index (χ2n) is 23.8. The highest BCUT2D eigenvalue weighted by Crippen LogP contribution is 2.55. The van der Waals surface area contributed by atoms with E-state index in [1.165, 1.54) is 55.6 Å². The van der Waals surface area contributed by atoms with Crippen molar-refractivity contribution in [2.24, 2.45) is 0 Å². The number of rotatable bonds is 56. The molecule has 0 spiro atoms. The summed E-state index contributed by atoms with van der Waals surface area (Å²) in [6.45, 7) is 14.0. The average Bonchev–Trinajstić information content (AvgIpc) is 1.56. The van der Waals surface area contributed by atoms with Crippen LogP contribution in [0, 0.1) is 0 Å². The number of nitrogens with zero attached hydrogens (tertiary/aromatic N) is 1. The van der Waals surface area contributed by atoms with Crippen LogP contribution in [0.2, 0.25) is 0 Å². The molecule has 1 heterocycles. The third-order valence-electron chi connectivity index (χ3n) is 17.0. The Kier molecular flexibility index (Phi) is 35.6. The van der Waals surface area contributed by atoms with Crippen molar-refractivity contribution in [2.45, 2.75) is 76.0 Å². The summed E-state index contributed by atoms with van der Waals surface area (Å²) in [7, 11) is 3.34. The molecule has 0 aromatic heterocycles. The van der Waals surface area contributed by atoms with Crippen molar-refractivity contribution in [1.29, 1.82) is 0 Å². The first-order valence-corrected chi connectivity index (χ1v) is 34.8. The number of hydroxylamine groups is 2. The average molecular weight is 1360 g/mol. The predicted octanol–water partition coefficient (Wildman–Crippen LogP) is 9.57. The first-order chi connectivity index (χ1) is 48.3. The monoisotopic (exact) mass is 1360 g/mol. The molecule has 3 aliphatic rings. The Morgan fingerprint density at radius 3 is 1.27 bits per heavy atom. The lowest BCUT2D eigenvalue weighted by atomic mass is 9.70. The third kappa shape index (κ3) is 25.9. The van der Waals surface area contributed by atoms with Crippen LogP contribution in [0.15, 0.2) is 103 Å². The lowest BCUT2D eigenvalue weighted by Crippen LogP contribution is -2.32. The van der Waals surface area contributed by atoms with E-state index in [-0.39, 0.29) is 37.0 Å². The molecule has 1 saturated heterocycles. The second-order valence-corrected chi connectivity index (χ2v) is 23.8. The van der Waals surface area contributed by atoms with E-state index in [9.17, 15) is 19.2 Å². The number of fused-ring (bicyclic) bond motifs is 6. The van der Waals surface area contributed by atoms with Crippen LogP contribution in [-0.2, 0) is 102 Å². The van der Waals surface area contributed by atoms with Gasteiger partial charge in [-0.2, -0.15) is 0 Å².